The second-order valence-corrected chi connectivity index (χ2v) is 4.98. The van der Waals surface area contributed by atoms with E-state index >= 15 is 0 Å². The molecule has 2 aromatic heterocycles. The van der Waals surface area contributed by atoms with Gasteiger partial charge in [0.1, 0.15) is 0 Å². The van der Waals surface area contributed by atoms with Gasteiger partial charge in [-0.15, -0.1) is 5.10 Å². The van der Waals surface area contributed by atoms with Crippen molar-refractivity contribution in [3.05, 3.63) is 29.3 Å². The summed E-state index contributed by atoms with van der Waals surface area (Å²) in [6.07, 6.45) is 3.39. The molecule has 1 N–H and O–H groups in total. The second-order valence-electron chi connectivity index (χ2n) is 4.98. The van der Waals surface area contributed by atoms with Crippen LogP contribution in [0, 0.1) is 0 Å². The van der Waals surface area contributed by atoms with E-state index in [2.05, 4.69) is 29.3 Å². The van der Waals surface area contributed by atoms with Gasteiger partial charge in [0.2, 0.25) is 0 Å². The molecule has 0 fully saturated rings. The summed E-state index contributed by atoms with van der Waals surface area (Å²) in [6, 6.07) is 2.21. The van der Waals surface area contributed by atoms with E-state index in [4.69, 9.17) is 5.11 Å². The highest BCUT2D eigenvalue weighted by Crippen LogP contribution is 2.11. The maximum Gasteiger partial charge on any atom is 0.358 e. The zero-order chi connectivity index (χ0) is 14.7. The molecule has 0 aromatic carbocycles. The number of hydrogen-bond acceptors (Lipinski definition) is 4. The highest BCUT2D eigenvalue weighted by atomic mass is 16.4. The Hall–Kier alpha value is -2.18. The van der Waals surface area contributed by atoms with Crippen LogP contribution in [-0.4, -0.2) is 35.9 Å². The van der Waals surface area contributed by atoms with Crippen LogP contribution in [0.5, 0.6) is 0 Å². The van der Waals surface area contributed by atoms with Gasteiger partial charge in [-0.25, -0.2) is 9.48 Å². The summed E-state index contributed by atoms with van der Waals surface area (Å²) in [6.45, 7) is 6.54. The third kappa shape index (κ3) is 2.87. The van der Waals surface area contributed by atoms with Crippen LogP contribution in [0.2, 0.25) is 0 Å². The van der Waals surface area contributed by atoms with Gasteiger partial charge in [0.05, 0.1) is 17.9 Å². The molecule has 108 valence electrons. The van der Waals surface area contributed by atoms with Gasteiger partial charge in [-0.3, -0.25) is 4.68 Å². The summed E-state index contributed by atoms with van der Waals surface area (Å²) >= 11 is 0. The largest absolute Gasteiger partial charge is 0.476 e. The van der Waals surface area contributed by atoms with Crippen LogP contribution in [0.1, 0.15) is 55.1 Å². The van der Waals surface area contributed by atoms with Crippen molar-refractivity contribution in [1.29, 1.82) is 0 Å². The molecule has 7 heteroatoms. The normalized spacial score (nSPS) is 11.2. The van der Waals surface area contributed by atoms with Gasteiger partial charge < -0.3 is 5.11 Å². The Kier molecular flexibility index (Phi) is 4.16. The van der Waals surface area contributed by atoms with Crippen LogP contribution in [-0.2, 0) is 13.0 Å². The number of aromatic carboxylic acids is 1. The Morgan fingerprint density at radius 2 is 2.20 bits per heavy atom. The van der Waals surface area contributed by atoms with E-state index in [1.54, 1.807) is 4.68 Å². The standard InChI is InChI=1S/C13H19N5O2/c1-4-5-11-12(13(19)20)14-16-18(11)8-10-6-7-17(15-10)9(2)3/h6-7,9H,4-5,8H2,1-3H3,(H,19,20). The van der Waals surface area contributed by atoms with Gasteiger partial charge in [0, 0.05) is 12.2 Å². The second kappa shape index (κ2) is 5.85. The zero-order valence-corrected chi connectivity index (χ0v) is 11.9. The van der Waals surface area contributed by atoms with Gasteiger partial charge in [-0.2, -0.15) is 5.10 Å². The number of carboxylic acids is 1. The van der Waals surface area contributed by atoms with Gasteiger partial charge >= 0.3 is 5.97 Å². The van der Waals surface area contributed by atoms with Gasteiger partial charge in [0.15, 0.2) is 5.69 Å². The summed E-state index contributed by atoms with van der Waals surface area (Å²) in [4.78, 5) is 11.1. The monoisotopic (exact) mass is 277 g/mol. The molecule has 0 saturated carbocycles. The van der Waals surface area contributed by atoms with Crippen LogP contribution in [0.3, 0.4) is 0 Å². The molecule has 0 aliphatic heterocycles. The molecule has 0 aliphatic rings. The summed E-state index contributed by atoms with van der Waals surface area (Å²) in [5.41, 5.74) is 1.53. The highest BCUT2D eigenvalue weighted by Gasteiger charge is 2.18. The Morgan fingerprint density at radius 3 is 2.75 bits per heavy atom. The smallest absolute Gasteiger partial charge is 0.358 e. The summed E-state index contributed by atoms with van der Waals surface area (Å²) < 4.78 is 3.49. The fourth-order valence-corrected chi connectivity index (χ4v) is 2.01. The molecular weight excluding hydrogens is 258 g/mol. The van der Waals surface area contributed by atoms with Crippen molar-refractivity contribution in [3.8, 4) is 0 Å². The van der Waals surface area contributed by atoms with Crippen molar-refractivity contribution >= 4 is 5.97 Å². The fraction of sp³-hybridized carbons (Fsp3) is 0.538. The van der Waals surface area contributed by atoms with Crippen LogP contribution in [0.4, 0.5) is 0 Å². The summed E-state index contributed by atoms with van der Waals surface area (Å²) in [7, 11) is 0. The quantitative estimate of drug-likeness (QED) is 0.869. The number of hydrogen-bond donors (Lipinski definition) is 1. The summed E-state index contributed by atoms with van der Waals surface area (Å²) in [5.74, 6) is -1.03. The van der Waals surface area contributed by atoms with Crippen LogP contribution in [0.15, 0.2) is 12.3 Å². The predicted molar refractivity (Wildman–Crippen MR) is 72.7 cm³/mol. The number of carboxylic acid groups (broad SMARTS) is 1. The fourth-order valence-electron chi connectivity index (χ4n) is 2.01. The van der Waals surface area contributed by atoms with Crippen molar-refractivity contribution in [2.45, 2.75) is 46.2 Å². The van der Waals surface area contributed by atoms with Crippen molar-refractivity contribution in [2.75, 3.05) is 0 Å². The van der Waals surface area contributed by atoms with E-state index in [-0.39, 0.29) is 5.69 Å². The molecule has 0 saturated heterocycles. The van der Waals surface area contributed by atoms with E-state index in [1.165, 1.54) is 0 Å². The molecule has 2 rings (SSSR count). The Labute approximate surface area is 117 Å². The first-order valence-corrected chi connectivity index (χ1v) is 6.72. The van der Waals surface area contributed by atoms with Gasteiger partial charge in [0.25, 0.3) is 0 Å². The molecule has 0 aliphatic carbocycles. The molecule has 7 nitrogen and oxygen atoms in total. The molecule has 0 atom stereocenters. The van der Waals surface area contributed by atoms with Crippen molar-refractivity contribution in [1.82, 2.24) is 24.8 Å². The minimum absolute atomic E-state index is 0.0372. The Bertz CT molecular complexity index is 600. The van der Waals surface area contributed by atoms with E-state index in [0.717, 1.165) is 12.1 Å². The number of nitrogens with zero attached hydrogens (tertiary/aromatic N) is 5. The van der Waals surface area contributed by atoms with Crippen molar-refractivity contribution < 1.29 is 9.90 Å². The number of rotatable bonds is 6. The highest BCUT2D eigenvalue weighted by molar-refractivity contribution is 5.86. The average molecular weight is 277 g/mol. The minimum atomic E-state index is -1.03. The van der Waals surface area contributed by atoms with E-state index in [1.807, 2.05) is 23.9 Å². The third-order valence-electron chi connectivity index (χ3n) is 3.03. The van der Waals surface area contributed by atoms with Crippen LogP contribution in [0.25, 0.3) is 0 Å². The zero-order valence-electron chi connectivity index (χ0n) is 11.9. The lowest BCUT2D eigenvalue weighted by atomic mass is 10.2. The molecule has 0 radical (unpaired) electrons. The lowest BCUT2D eigenvalue weighted by Gasteiger charge is -2.05. The predicted octanol–water partition coefficient (Wildman–Crippen LogP) is 1.75. The first-order chi connectivity index (χ1) is 9.52. The first kappa shape index (κ1) is 14.2. The van der Waals surface area contributed by atoms with Gasteiger partial charge in [-0.05, 0) is 26.3 Å². The van der Waals surface area contributed by atoms with Crippen molar-refractivity contribution in [3.63, 3.8) is 0 Å². The summed E-state index contributed by atoms with van der Waals surface area (Å²) in [5, 5.41) is 21.2. The number of aromatic nitrogens is 5. The van der Waals surface area contributed by atoms with E-state index < -0.39 is 5.97 Å². The molecule has 0 amide bonds. The molecule has 2 heterocycles. The van der Waals surface area contributed by atoms with Crippen LogP contribution < -0.4 is 0 Å². The first-order valence-electron chi connectivity index (χ1n) is 6.72. The topological polar surface area (TPSA) is 85.8 Å². The van der Waals surface area contributed by atoms with Crippen molar-refractivity contribution in [2.24, 2.45) is 0 Å². The molecule has 0 bridgehead atoms. The lowest BCUT2D eigenvalue weighted by Crippen LogP contribution is -2.10. The maximum atomic E-state index is 11.1. The molecule has 20 heavy (non-hydrogen) atoms. The van der Waals surface area contributed by atoms with Gasteiger partial charge in [-0.1, -0.05) is 18.6 Å². The minimum Gasteiger partial charge on any atom is -0.476 e. The number of carbonyl (C=O) groups is 1. The lowest BCUT2D eigenvalue weighted by molar-refractivity contribution is 0.0689. The maximum absolute atomic E-state index is 11.1. The Balaban J connectivity index is 2.25. The molecule has 0 unspecified atom stereocenters. The molecule has 2 aromatic rings. The molecule has 0 spiro atoms. The van der Waals surface area contributed by atoms with E-state index in [9.17, 15) is 4.79 Å². The third-order valence-corrected chi connectivity index (χ3v) is 3.03. The van der Waals surface area contributed by atoms with Crippen LogP contribution >= 0.6 is 0 Å². The molecular formula is C13H19N5O2. The van der Waals surface area contributed by atoms with E-state index in [0.29, 0.717) is 24.7 Å². The SMILES string of the molecule is CCCc1c(C(=O)O)nnn1Cc1ccn(C(C)C)n1. The average Bonchev–Trinajstić information content (AvgIpc) is 2.98. The Morgan fingerprint density at radius 1 is 1.45 bits per heavy atom.